The molecule has 2 aliphatic heterocycles. The van der Waals surface area contributed by atoms with Gasteiger partial charge in [0.15, 0.2) is 5.82 Å². The van der Waals surface area contributed by atoms with Gasteiger partial charge in [0, 0.05) is 36.3 Å². The summed E-state index contributed by atoms with van der Waals surface area (Å²) in [5.41, 5.74) is 2.00. The van der Waals surface area contributed by atoms with Gasteiger partial charge in [0.1, 0.15) is 11.5 Å². The second-order valence-electron chi connectivity index (χ2n) is 8.16. The van der Waals surface area contributed by atoms with Crippen LogP contribution < -0.4 is 10.2 Å². The number of fused-ring (bicyclic) bond motifs is 2. The predicted octanol–water partition coefficient (Wildman–Crippen LogP) is 3.53. The molecule has 2 fully saturated rings. The van der Waals surface area contributed by atoms with Crippen LogP contribution in [0.15, 0.2) is 40.9 Å². The number of rotatable bonds is 4. The van der Waals surface area contributed by atoms with E-state index in [9.17, 15) is 5.11 Å². The number of aryl methyl sites for hydroxylation is 1. The number of anilines is 1. The molecule has 0 radical (unpaired) electrons. The van der Waals surface area contributed by atoms with Gasteiger partial charge < -0.3 is 19.7 Å². The summed E-state index contributed by atoms with van der Waals surface area (Å²) in [6.45, 7) is 1.84. The third-order valence-electron chi connectivity index (χ3n) is 6.15. The zero-order valence-electron chi connectivity index (χ0n) is 16.7. The molecule has 150 valence electrons. The van der Waals surface area contributed by atoms with Gasteiger partial charge in [-0.25, -0.2) is 4.98 Å². The van der Waals surface area contributed by atoms with Crippen LogP contribution in [0.25, 0.3) is 22.7 Å². The quantitative estimate of drug-likeness (QED) is 0.703. The molecule has 2 aliphatic rings. The van der Waals surface area contributed by atoms with Crippen LogP contribution in [0.5, 0.6) is 5.75 Å². The number of hydrogen-bond donors (Lipinski definition) is 2. The molecule has 0 spiro atoms. The Morgan fingerprint density at radius 2 is 1.90 bits per heavy atom. The van der Waals surface area contributed by atoms with Gasteiger partial charge in [-0.05, 0) is 62.9 Å². The molecule has 0 aliphatic carbocycles. The molecule has 0 amide bonds. The van der Waals surface area contributed by atoms with E-state index in [4.69, 9.17) is 4.42 Å². The Balaban J connectivity index is 1.34. The van der Waals surface area contributed by atoms with Crippen molar-refractivity contribution in [1.82, 2.24) is 20.5 Å². The molecular formula is C22H25N5O2. The average molecular weight is 391 g/mol. The number of aromatic nitrogens is 3. The first-order valence-electron chi connectivity index (χ1n) is 10.2. The van der Waals surface area contributed by atoms with E-state index in [1.165, 1.54) is 12.8 Å². The van der Waals surface area contributed by atoms with Crippen molar-refractivity contribution in [3.05, 3.63) is 42.3 Å². The fourth-order valence-corrected chi connectivity index (χ4v) is 4.56. The molecule has 2 saturated heterocycles. The van der Waals surface area contributed by atoms with Crippen LogP contribution in [0.1, 0.15) is 31.4 Å². The maximum absolute atomic E-state index is 10.5. The number of phenolic OH excluding ortho intramolecular Hbond substituents is 1. The average Bonchev–Trinajstić information content (AvgIpc) is 3.32. The Morgan fingerprint density at radius 1 is 1.10 bits per heavy atom. The summed E-state index contributed by atoms with van der Waals surface area (Å²) in [6.07, 6.45) is 6.52. The smallest absolute Gasteiger partial charge is 0.226 e. The third-order valence-corrected chi connectivity index (χ3v) is 6.15. The second-order valence-corrected chi connectivity index (χ2v) is 8.16. The maximum Gasteiger partial charge on any atom is 0.226 e. The zero-order chi connectivity index (χ0) is 20.0. The lowest BCUT2D eigenvalue weighted by Crippen LogP contribution is -2.47. The number of piperidine rings is 1. The highest BCUT2D eigenvalue weighted by molar-refractivity contribution is 5.71. The Morgan fingerprint density at radius 3 is 2.52 bits per heavy atom. The van der Waals surface area contributed by atoms with Gasteiger partial charge in [-0.15, -0.1) is 10.2 Å². The summed E-state index contributed by atoms with van der Waals surface area (Å²) in [6, 6.07) is 11.0. The fourth-order valence-electron chi connectivity index (χ4n) is 4.56. The van der Waals surface area contributed by atoms with E-state index in [2.05, 4.69) is 32.4 Å². The van der Waals surface area contributed by atoms with Gasteiger partial charge in [-0.3, -0.25) is 0 Å². The Bertz CT molecular complexity index is 1000. The van der Waals surface area contributed by atoms with Gasteiger partial charge in [-0.2, -0.15) is 0 Å². The molecule has 2 aromatic heterocycles. The van der Waals surface area contributed by atoms with Crippen LogP contribution in [0.3, 0.4) is 0 Å². The number of aromatic hydroxyl groups is 1. The van der Waals surface area contributed by atoms with Crippen molar-refractivity contribution in [2.75, 3.05) is 11.9 Å². The van der Waals surface area contributed by atoms with E-state index >= 15 is 0 Å². The van der Waals surface area contributed by atoms with Gasteiger partial charge in [-0.1, -0.05) is 0 Å². The number of oxazole rings is 1. The van der Waals surface area contributed by atoms with Crippen molar-refractivity contribution in [2.45, 2.75) is 50.7 Å². The number of nitrogens with zero attached hydrogens (tertiary/aromatic N) is 4. The van der Waals surface area contributed by atoms with Gasteiger partial charge >= 0.3 is 0 Å². The minimum Gasteiger partial charge on any atom is -0.507 e. The Labute approximate surface area is 169 Å². The van der Waals surface area contributed by atoms with Crippen LogP contribution in [-0.2, 0) is 0 Å². The van der Waals surface area contributed by atoms with E-state index in [0.29, 0.717) is 35.3 Å². The van der Waals surface area contributed by atoms with Crippen LogP contribution in [0, 0.1) is 6.92 Å². The van der Waals surface area contributed by atoms with Gasteiger partial charge in [0.25, 0.3) is 0 Å². The highest BCUT2D eigenvalue weighted by atomic mass is 16.4. The number of phenols is 1. The van der Waals surface area contributed by atoms with Crippen molar-refractivity contribution < 1.29 is 9.52 Å². The van der Waals surface area contributed by atoms with Crippen molar-refractivity contribution in [1.29, 1.82) is 0 Å². The molecule has 7 heteroatoms. The highest BCUT2D eigenvalue weighted by Gasteiger charge is 2.35. The lowest BCUT2D eigenvalue weighted by molar-refractivity contribution is 0.353. The molecule has 2 bridgehead atoms. The first kappa shape index (κ1) is 18.1. The Kier molecular flexibility index (Phi) is 4.47. The molecule has 2 N–H and O–H groups in total. The lowest BCUT2D eigenvalue weighted by atomic mass is 9.98. The fraction of sp³-hybridized carbons (Fsp3) is 0.409. The SMILES string of the molecule is Cc1cnc(-c2ccc(-c3ccc(N(C)[C@@H]4C[C@H]5CC[C@@H](C4)N5)nn3)c(O)c2)o1. The van der Waals surface area contributed by atoms with Crippen molar-refractivity contribution in [2.24, 2.45) is 0 Å². The molecule has 7 nitrogen and oxygen atoms in total. The molecule has 0 unspecified atom stereocenters. The molecular weight excluding hydrogens is 366 g/mol. The Hall–Kier alpha value is -2.93. The summed E-state index contributed by atoms with van der Waals surface area (Å²) >= 11 is 0. The second kappa shape index (κ2) is 7.15. The molecule has 5 rings (SSSR count). The molecule has 29 heavy (non-hydrogen) atoms. The molecule has 3 aromatic rings. The maximum atomic E-state index is 10.5. The molecule has 0 saturated carbocycles. The number of nitrogens with one attached hydrogen (secondary N) is 1. The van der Waals surface area contributed by atoms with E-state index in [0.717, 1.165) is 30.0 Å². The largest absolute Gasteiger partial charge is 0.507 e. The highest BCUT2D eigenvalue weighted by Crippen LogP contribution is 2.34. The van der Waals surface area contributed by atoms with Crippen LogP contribution in [0.2, 0.25) is 0 Å². The zero-order valence-corrected chi connectivity index (χ0v) is 16.7. The van der Waals surface area contributed by atoms with E-state index in [-0.39, 0.29) is 5.75 Å². The minimum absolute atomic E-state index is 0.128. The molecule has 4 heterocycles. The van der Waals surface area contributed by atoms with E-state index in [1.54, 1.807) is 12.3 Å². The summed E-state index contributed by atoms with van der Waals surface area (Å²) < 4.78 is 5.53. The van der Waals surface area contributed by atoms with Gasteiger partial charge in [0.05, 0.1) is 11.9 Å². The lowest BCUT2D eigenvalue weighted by Gasteiger charge is -2.36. The number of hydrogen-bond acceptors (Lipinski definition) is 7. The van der Waals surface area contributed by atoms with Crippen LogP contribution in [0.4, 0.5) is 5.82 Å². The van der Waals surface area contributed by atoms with E-state index in [1.807, 2.05) is 31.2 Å². The predicted molar refractivity (Wildman–Crippen MR) is 111 cm³/mol. The monoisotopic (exact) mass is 391 g/mol. The molecule has 3 atom stereocenters. The summed E-state index contributed by atoms with van der Waals surface area (Å²) in [5, 5.41) is 23.0. The first-order chi connectivity index (χ1) is 14.1. The summed E-state index contributed by atoms with van der Waals surface area (Å²) in [7, 11) is 2.10. The standard InChI is InChI=1S/C22H25N5O2/c1-13-12-23-22(29-13)14-3-6-18(20(28)9-14)19-7-8-21(26-25-19)27(2)17-10-15-4-5-16(11-17)24-15/h3,6-9,12,15-17,24,28H,4-5,10-11H2,1-2H3/t15-,16+,17-. The third kappa shape index (κ3) is 3.46. The van der Waals surface area contributed by atoms with Gasteiger partial charge in [0.2, 0.25) is 5.89 Å². The molecule has 1 aromatic carbocycles. The normalized spacial score (nSPS) is 23.3. The number of benzene rings is 1. The minimum atomic E-state index is 0.128. The van der Waals surface area contributed by atoms with Crippen molar-refractivity contribution in [3.8, 4) is 28.5 Å². The summed E-state index contributed by atoms with van der Waals surface area (Å²) in [4.78, 5) is 6.45. The van der Waals surface area contributed by atoms with Crippen LogP contribution in [-0.4, -0.2) is 45.5 Å². The van der Waals surface area contributed by atoms with E-state index < -0.39 is 0 Å². The topological polar surface area (TPSA) is 87.3 Å². The van der Waals surface area contributed by atoms with Crippen molar-refractivity contribution in [3.63, 3.8) is 0 Å². The first-order valence-corrected chi connectivity index (χ1v) is 10.2. The van der Waals surface area contributed by atoms with Crippen LogP contribution >= 0.6 is 0 Å². The van der Waals surface area contributed by atoms with Crippen molar-refractivity contribution >= 4 is 5.82 Å². The summed E-state index contributed by atoms with van der Waals surface area (Å²) in [5.74, 6) is 2.22.